The van der Waals surface area contributed by atoms with E-state index in [1.54, 1.807) is 30.7 Å². The van der Waals surface area contributed by atoms with Crippen LogP contribution in [0.5, 0.6) is 0 Å². The summed E-state index contributed by atoms with van der Waals surface area (Å²) >= 11 is 1.53. The van der Waals surface area contributed by atoms with Gasteiger partial charge in [-0.15, -0.1) is 0 Å². The minimum Gasteiger partial charge on any atom is -0.327 e. The molecule has 18 heavy (non-hydrogen) atoms. The van der Waals surface area contributed by atoms with Crippen molar-refractivity contribution < 1.29 is 4.39 Å². The highest BCUT2D eigenvalue weighted by Crippen LogP contribution is 2.35. The molecule has 0 saturated carbocycles. The third-order valence-corrected chi connectivity index (χ3v) is 3.87. The lowest BCUT2D eigenvalue weighted by Gasteiger charge is -2.20. The normalized spacial score (nSPS) is 14.2. The molecular formula is C13H14FN3S. The van der Waals surface area contributed by atoms with E-state index in [2.05, 4.69) is 9.97 Å². The van der Waals surface area contributed by atoms with Gasteiger partial charge in [-0.3, -0.25) is 4.98 Å². The van der Waals surface area contributed by atoms with E-state index in [9.17, 15) is 4.39 Å². The topological polar surface area (TPSA) is 51.8 Å². The molecule has 0 radical (unpaired) electrons. The lowest BCUT2D eigenvalue weighted by atomic mass is 10.1. The maximum atomic E-state index is 12.9. The van der Waals surface area contributed by atoms with E-state index < -0.39 is 0 Å². The molecule has 5 heteroatoms. The Labute approximate surface area is 110 Å². The van der Waals surface area contributed by atoms with Crippen molar-refractivity contribution in [2.45, 2.75) is 23.2 Å². The van der Waals surface area contributed by atoms with E-state index >= 15 is 0 Å². The van der Waals surface area contributed by atoms with Gasteiger partial charge in [0.25, 0.3) is 0 Å². The van der Waals surface area contributed by atoms with Crippen molar-refractivity contribution in [1.29, 1.82) is 0 Å². The van der Waals surface area contributed by atoms with Crippen LogP contribution in [0.15, 0.2) is 47.9 Å². The summed E-state index contributed by atoms with van der Waals surface area (Å²) < 4.78 is 12.9. The van der Waals surface area contributed by atoms with Crippen LogP contribution in [0.25, 0.3) is 0 Å². The molecule has 2 unspecified atom stereocenters. The summed E-state index contributed by atoms with van der Waals surface area (Å²) in [7, 11) is 0. The van der Waals surface area contributed by atoms with E-state index in [0.29, 0.717) is 0 Å². The fourth-order valence-electron chi connectivity index (χ4n) is 1.61. The molecular weight excluding hydrogens is 249 g/mol. The fourth-order valence-corrected chi connectivity index (χ4v) is 2.62. The van der Waals surface area contributed by atoms with Crippen molar-refractivity contribution in [3.05, 3.63) is 54.2 Å². The number of nitrogens with two attached hydrogens (primary N) is 1. The molecule has 2 N–H and O–H groups in total. The Morgan fingerprint density at radius 3 is 2.50 bits per heavy atom. The molecule has 3 nitrogen and oxygen atoms in total. The molecule has 94 valence electrons. The maximum absolute atomic E-state index is 12.9. The molecule has 0 fully saturated rings. The Kier molecular flexibility index (Phi) is 4.28. The van der Waals surface area contributed by atoms with Crippen molar-refractivity contribution in [3.63, 3.8) is 0 Å². The molecule has 1 aromatic heterocycles. The third kappa shape index (κ3) is 3.27. The van der Waals surface area contributed by atoms with Crippen LogP contribution in [0.2, 0.25) is 0 Å². The molecule has 2 aromatic rings. The largest absolute Gasteiger partial charge is 0.327 e. The zero-order valence-corrected chi connectivity index (χ0v) is 10.8. The van der Waals surface area contributed by atoms with Gasteiger partial charge in [-0.05, 0) is 24.6 Å². The molecule has 0 aliphatic rings. The van der Waals surface area contributed by atoms with Crippen molar-refractivity contribution in [2.75, 3.05) is 0 Å². The van der Waals surface area contributed by atoms with Gasteiger partial charge in [0.15, 0.2) is 0 Å². The van der Waals surface area contributed by atoms with Gasteiger partial charge in [0.1, 0.15) is 10.8 Å². The van der Waals surface area contributed by atoms with Crippen LogP contribution in [-0.2, 0) is 0 Å². The van der Waals surface area contributed by atoms with Crippen LogP contribution in [0, 0.1) is 5.82 Å². The van der Waals surface area contributed by atoms with Crippen LogP contribution in [0.4, 0.5) is 4.39 Å². The van der Waals surface area contributed by atoms with Gasteiger partial charge in [0.05, 0.1) is 11.4 Å². The maximum Gasteiger partial charge on any atom is 0.123 e. The number of halogens is 1. The predicted octanol–water partition coefficient (Wildman–Crippen LogP) is 2.80. The average molecular weight is 263 g/mol. The Hall–Kier alpha value is -1.46. The summed E-state index contributed by atoms with van der Waals surface area (Å²) in [5.74, 6) is -0.244. The first kappa shape index (κ1) is 13.0. The second kappa shape index (κ2) is 5.93. The highest BCUT2D eigenvalue weighted by molar-refractivity contribution is 7.99. The molecule has 0 aliphatic heterocycles. The highest BCUT2D eigenvalue weighted by Gasteiger charge is 2.18. The van der Waals surface area contributed by atoms with E-state index in [1.165, 1.54) is 23.9 Å². The second-order valence-electron chi connectivity index (χ2n) is 3.99. The molecule has 1 heterocycles. The summed E-state index contributed by atoms with van der Waals surface area (Å²) in [5, 5.41) is 0.839. The highest BCUT2D eigenvalue weighted by atomic mass is 32.2. The van der Waals surface area contributed by atoms with Gasteiger partial charge in [0.2, 0.25) is 0 Å². The van der Waals surface area contributed by atoms with Gasteiger partial charge < -0.3 is 5.73 Å². The molecule has 0 bridgehead atoms. The van der Waals surface area contributed by atoms with Crippen LogP contribution in [0.3, 0.4) is 0 Å². The van der Waals surface area contributed by atoms with Crippen molar-refractivity contribution in [3.8, 4) is 0 Å². The molecule has 0 saturated heterocycles. The minimum absolute atomic E-state index is 0.0299. The lowest BCUT2D eigenvalue weighted by molar-refractivity contribution is 0.625. The van der Waals surface area contributed by atoms with E-state index in [-0.39, 0.29) is 17.1 Å². The number of aromatic nitrogens is 2. The second-order valence-corrected chi connectivity index (χ2v) is 5.15. The first-order valence-corrected chi connectivity index (χ1v) is 6.48. The van der Waals surface area contributed by atoms with Crippen LogP contribution in [-0.4, -0.2) is 16.0 Å². The molecule has 0 amide bonds. The van der Waals surface area contributed by atoms with Gasteiger partial charge in [0, 0.05) is 18.4 Å². The molecule has 1 aromatic carbocycles. The standard InChI is InChI=1S/C13H14FN3S/c1-9(15)13(10-2-4-11(14)5-3-10)18-12-8-16-6-7-17-12/h2-9,13H,15H2,1H3. The molecule has 0 spiro atoms. The van der Waals surface area contributed by atoms with E-state index in [0.717, 1.165) is 10.6 Å². The van der Waals surface area contributed by atoms with Crippen molar-refractivity contribution in [2.24, 2.45) is 5.73 Å². The Morgan fingerprint density at radius 1 is 1.22 bits per heavy atom. The fraction of sp³-hybridized carbons (Fsp3) is 0.231. The molecule has 2 rings (SSSR count). The SMILES string of the molecule is CC(N)C(Sc1cnccn1)c1ccc(F)cc1. The van der Waals surface area contributed by atoms with Gasteiger partial charge in [-0.1, -0.05) is 23.9 Å². The Balaban J connectivity index is 2.21. The zero-order valence-electron chi connectivity index (χ0n) is 9.95. The summed E-state index contributed by atoms with van der Waals surface area (Å²) in [6.07, 6.45) is 4.97. The summed E-state index contributed by atoms with van der Waals surface area (Å²) in [5.41, 5.74) is 6.98. The summed E-state index contributed by atoms with van der Waals surface area (Å²) in [6.45, 7) is 1.93. The quantitative estimate of drug-likeness (QED) is 0.862. The molecule has 2 atom stereocenters. The van der Waals surface area contributed by atoms with E-state index in [1.807, 2.05) is 6.92 Å². The predicted molar refractivity (Wildman–Crippen MR) is 70.7 cm³/mol. The Morgan fingerprint density at radius 2 is 1.94 bits per heavy atom. The average Bonchev–Trinajstić information content (AvgIpc) is 2.38. The first-order chi connectivity index (χ1) is 8.66. The number of nitrogens with zero attached hydrogens (tertiary/aromatic N) is 2. The lowest BCUT2D eigenvalue weighted by Crippen LogP contribution is -2.22. The minimum atomic E-state index is -0.244. The van der Waals surface area contributed by atoms with Gasteiger partial charge in [-0.25, -0.2) is 9.37 Å². The molecule has 0 aliphatic carbocycles. The number of benzene rings is 1. The van der Waals surface area contributed by atoms with Gasteiger partial charge >= 0.3 is 0 Å². The van der Waals surface area contributed by atoms with Gasteiger partial charge in [-0.2, -0.15) is 0 Å². The van der Waals surface area contributed by atoms with Crippen molar-refractivity contribution >= 4 is 11.8 Å². The summed E-state index contributed by atoms with van der Waals surface area (Å²) in [4.78, 5) is 8.24. The monoisotopic (exact) mass is 263 g/mol. The summed E-state index contributed by atoms with van der Waals surface area (Å²) in [6, 6.07) is 6.34. The van der Waals surface area contributed by atoms with Crippen LogP contribution >= 0.6 is 11.8 Å². The number of hydrogen-bond donors (Lipinski definition) is 1. The van der Waals surface area contributed by atoms with Crippen LogP contribution in [0.1, 0.15) is 17.7 Å². The zero-order chi connectivity index (χ0) is 13.0. The first-order valence-electron chi connectivity index (χ1n) is 5.60. The van der Waals surface area contributed by atoms with Crippen molar-refractivity contribution in [1.82, 2.24) is 9.97 Å². The van der Waals surface area contributed by atoms with E-state index in [4.69, 9.17) is 5.73 Å². The number of rotatable bonds is 4. The van der Waals surface area contributed by atoms with Crippen LogP contribution < -0.4 is 5.73 Å². The smallest absolute Gasteiger partial charge is 0.123 e. The Bertz CT molecular complexity index is 487. The third-order valence-electron chi connectivity index (χ3n) is 2.46. The number of hydrogen-bond acceptors (Lipinski definition) is 4. The number of thioether (sulfide) groups is 1.